The Morgan fingerprint density at radius 2 is 1.89 bits per heavy atom. The third-order valence-corrected chi connectivity index (χ3v) is 7.65. The summed E-state index contributed by atoms with van der Waals surface area (Å²) in [4.78, 5) is 25.4. The van der Waals surface area contributed by atoms with Crippen LogP contribution in [0.1, 0.15) is 63.9 Å². The molecule has 1 aromatic rings. The molecule has 3 saturated carbocycles. The standard InChI is InChI=1S/C23H30ClNO3/c1-15(20-13-16-4-5-17(20)12-16)25-21(26)14-28-22(27)23(10-2-3-11-23)18-6-8-19(24)9-7-18/h6-9,15-17,20H,2-5,10-14H2,1H3,(H,25,26)/t15-,16+,17+,20+/m1/s1. The molecule has 3 fully saturated rings. The fourth-order valence-electron chi connectivity index (χ4n) is 5.94. The van der Waals surface area contributed by atoms with Crippen molar-refractivity contribution in [3.8, 4) is 0 Å². The first kappa shape index (κ1) is 19.8. The van der Waals surface area contributed by atoms with Gasteiger partial charge in [-0.05, 0) is 74.5 Å². The van der Waals surface area contributed by atoms with E-state index in [9.17, 15) is 9.59 Å². The van der Waals surface area contributed by atoms with Crippen LogP contribution in [0.3, 0.4) is 0 Å². The van der Waals surface area contributed by atoms with E-state index in [1.807, 2.05) is 24.3 Å². The molecule has 1 aromatic carbocycles. The number of carbonyl (C=O) groups excluding carboxylic acids is 2. The van der Waals surface area contributed by atoms with Gasteiger partial charge in [0.25, 0.3) is 5.91 Å². The van der Waals surface area contributed by atoms with Crippen LogP contribution in [0, 0.1) is 17.8 Å². The van der Waals surface area contributed by atoms with Crippen LogP contribution < -0.4 is 5.32 Å². The van der Waals surface area contributed by atoms with E-state index in [4.69, 9.17) is 16.3 Å². The minimum atomic E-state index is -0.638. The molecule has 1 N–H and O–H groups in total. The van der Waals surface area contributed by atoms with Gasteiger partial charge in [-0.15, -0.1) is 0 Å². The Balaban J connectivity index is 1.33. The second kappa shape index (κ2) is 8.06. The summed E-state index contributed by atoms with van der Waals surface area (Å²) in [5.74, 6) is 1.72. The predicted molar refractivity (Wildman–Crippen MR) is 109 cm³/mol. The van der Waals surface area contributed by atoms with Crippen molar-refractivity contribution < 1.29 is 14.3 Å². The molecule has 0 saturated heterocycles. The van der Waals surface area contributed by atoms with Crippen molar-refractivity contribution >= 4 is 23.5 Å². The fourth-order valence-corrected chi connectivity index (χ4v) is 6.06. The van der Waals surface area contributed by atoms with Crippen LogP contribution in [0.2, 0.25) is 5.02 Å². The van der Waals surface area contributed by atoms with Crippen molar-refractivity contribution in [1.82, 2.24) is 5.32 Å². The monoisotopic (exact) mass is 403 g/mol. The molecule has 0 spiro atoms. The molecule has 0 heterocycles. The smallest absolute Gasteiger partial charge is 0.317 e. The Morgan fingerprint density at radius 1 is 1.18 bits per heavy atom. The van der Waals surface area contributed by atoms with Crippen LogP contribution in [-0.4, -0.2) is 24.5 Å². The zero-order valence-electron chi connectivity index (χ0n) is 16.6. The largest absolute Gasteiger partial charge is 0.455 e. The van der Waals surface area contributed by atoms with Gasteiger partial charge in [0.2, 0.25) is 0 Å². The number of carbonyl (C=O) groups is 2. The Hall–Kier alpha value is -1.55. The maximum absolute atomic E-state index is 13.0. The zero-order chi connectivity index (χ0) is 19.7. The molecular weight excluding hydrogens is 374 g/mol. The fraction of sp³-hybridized carbons (Fsp3) is 0.652. The number of halogens is 1. The molecule has 0 aliphatic heterocycles. The highest BCUT2D eigenvalue weighted by molar-refractivity contribution is 6.30. The van der Waals surface area contributed by atoms with Gasteiger partial charge < -0.3 is 10.1 Å². The Labute approximate surface area is 172 Å². The zero-order valence-corrected chi connectivity index (χ0v) is 17.3. The number of benzene rings is 1. The molecule has 4 nitrogen and oxygen atoms in total. The Morgan fingerprint density at radius 3 is 2.50 bits per heavy atom. The van der Waals surface area contributed by atoms with E-state index in [-0.39, 0.29) is 24.5 Å². The van der Waals surface area contributed by atoms with Gasteiger partial charge in [-0.2, -0.15) is 0 Å². The number of hydrogen-bond donors (Lipinski definition) is 1. The Bertz CT molecular complexity index is 726. The van der Waals surface area contributed by atoms with Crippen molar-refractivity contribution in [2.75, 3.05) is 6.61 Å². The van der Waals surface area contributed by atoms with Crippen molar-refractivity contribution in [1.29, 1.82) is 0 Å². The molecule has 28 heavy (non-hydrogen) atoms. The van der Waals surface area contributed by atoms with Crippen LogP contribution in [-0.2, 0) is 19.7 Å². The number of hydrogen-bond acceptors (Lipinski definition) is 3. The molecule has 2 bridgehead atoms. The lowest BCUT2D eigenvalue weighted by Gasteiger charge is -2.29. The normalized spacial score (nSPS) is 28.9. The van der Waals surface area contributed by atoms with Crippen molar-refractivity contribution in [3.63, 3.8) is 0 Å². The summed E-state index contributed by atoms with van der Waals surface area (Å²) in [6, 6.07) is 7.60. The number of nitrogens with one attached hydrogen (secondary N) is 1. The molecule has 4 atom stereocenters. The minimum Gasteiger partial charge on any atom is -0.455 e. The highest BCUT2D eigenvalue weighted by atomic mass is 35.5. The van der Waals surface area contributed by atoms with Gasteiger partial charge in [0.15, 0.2) is 6.61 Å². The van der Waals surface area contributed by atoms with E-state index < -0.39 is 5.41 Å². The number of ether oxygens (including phenoxy) is 1. The maximum Gasteiger partial charge on any atom is 0.317 e. The molecule has 0 radical (unpaired) electrons. The molecule has 0 aromatic heterocycles. The van der Waals surface area contributed by atoms with E-state index >= 15 is 0 Å². The number of esters is 1. The molecule has 4 rings (SSSR count). The molecular formula is C23H30ClNO3. The first-order chi connectivity index (χ1) is 13.5. The van der Waals surface area contributed by atoms with Crippen molar-refractivity contribution in [3.05, 3.63) is 34.9 Å². The molecule has 5 heteroatoms. The van der Waals surface area contributed by atoms with Gasteiger partial charge in [-0.25, -0.2) is 0 Å². The minimum absolute atomic E-state index is 0.151. The van der Waals surface area contributed by atoms with Crippen LogP contribution in [0.4, 0.5) is 0 Å². The average Bonchev–Trinajstić information content (AvgIpc) is 3.43. The van der Waals surface area contributed by atoms with Gasteiger partial charge in [-0.1, -0.05) is 43.0 Å². The summed E-state index contributed by atoms with van der Waals surface area (Å²) >= 11 is 6.00. The summed E-state index contributed by atoms with van der Waals surface area (Å²) in [7, 11) is 0. The summed E-state index contributed by atoms with van der Waals surface area (Å²) in [6.45, 7) is 1.90. The Kier molecular flexibility index (Phi) is 5.69. The first-order valence-corrected chi connectivity index (χ1v) is 11.1. The second-order valence-electron chi connectivity index (χ2n) is 9.07. The van der Waals surface area contributed by atoms with Gasteiger partial charge >= 0.3 is 5.97 Å². The van der Waals surface area contributed by atoms with E-state index in [1.54, 1.807) is 0 Å². The maximum atomic E-state index is 13.0. The second-order valence-corrected chi connectivity index (χ2v) is 9.50. The van der Waals surface area contributed by atoms with Gasteiger partial charge in [0.05, 0.1) is 5.41 Å². The average molecular weight is 404 g/mol. The summed E-state index contributed by atoms with van der Waals surface area (Å²) in [5.41, 5.74) is 0.302. The molecule has 0 unspecified atom stereocenters. The van der Waals surface area contributed by atoms with Crippen molar-refractivity contribution in [2.24, 2.45) is 17.8 Å². The molecule has 3 aliphatic rings. The van der Waals surface area contributed by atoms with Crippen LogP contribution in [0.15, 0.2) is 24.3 Å². The first-order valence-electron chi connectivity index (χ1n) is 10.7. The summed E-state index contributed by atoms with van der Waals surface area (Å²) in [6.07, 6.45) is 8.71. The van der Waals surface area contributed by atoms with E-state index in [0.717, 1.165) is 43.1 Å². The topological polar surface area (TPSA) is 55.4 Å². The molecule has 1 amide bonds. The van der Waals surface area contributed by atoms with Gasteiger partial charge in [-0.3, -0.25) is 9.59 Å². The summed E-state index contributed by atoms with van der Waals surface area (Å²) < 4.78 is 5.52. The van der Waals surface area contributed by atoms with E-state index in [1.165, 1.54) is 25.7 Å². The number of fused-ring (bicyclic) bond motifs is 2. The van der Waals surface area contributed by atoms with E-state index in [2.05, 4.69) is 12.2 Å². The van der Waals surface area contributed by atoms with Gasteiger partial charge in [0.1, 0.15) is 0 Å². The third kappa shape index (κ3) is 3.80. The summed E-state index contributed by atoms with van der Waals surface area (Å²) in [5, 5.41) is 3.73. The highest BCUT2D eigenvalue weighted by Gasteiger charge is 2.45. The van der Waals surface area contributed by atoms with Gasteiger partial charge in [0, 0.05) is 11.1 Å². The lowest BCUT2D eigenvalue weighted by Crippen LogP contribution is -2.43. The SMILES string of the molecule is C[C@@H](NC(=O)COC(=O)C1(c2ccc(Cl)cc2)CCCC1)[C@@H]1C[C@H]2CC[C@H]1C2. The highest BCUT2D eigenvalue weighted by Crippen LogP contribution is 2.49. The quantitative estimate of drug-likeness (QED) is 0.704. The lowest BCUT2D eigenvalue weighted by atomic mass is 9.79. The number of rotatable bonds is 6. The van der Waals surface area contributed by atoms with Crippen LogP contribution >= 0.6 is 11.6 Å². The lowest BCUT2D eigenvalue weighted by molar-refractivity contribution is -0.154. The van der Waals surface area contributed by atoms with Crippen LogP contribution in [0.25, 0.3) is 0 Å². The van der Waals surface area contributed by atoms with Crippen LogP contribution in [0.5, 0.6) is 0 Å². The molecule has 3 aliphatic carbocycles. The molecule has 152 valence electrons. The predicted octanol–water partition coefficient (Wildman–Crippen LogP) is 4.64. The van der Waals surface area contributed by atoms with Crippen molar-refractivity contribution in [2.45, 2.75) is 69.7 Å². The third-order valence-electron chi connectivity index (χ3n) is 7.40. The van der Waals surface area contributed by atoms with E-state index in [0.29, 0.717) is 10.9 Å². The number of amides is 1.